The molecule has 2 aliphatic rings. The molecule has 0 aromatic heterocycles. The van der Waals surface area contributed by atoms with Crippen LogP contribution >= 0.6 is 0 Å². The van der Waals surface area contributed by atoms with E-state index in [1.807, 2.05) is 30.0 Å². The Morgan fingerprint density at radius 2 is 1.67 bits per heavy atom. The lowest BCUT2D eigenvalue weighted by Crippen LogP contribution is -2.52. The largest absolute Gasteiger partial charge is 0.392 e. The summed E-state index contributed by atoms with van der Waals surface area (Å²) >= 11 is 0. The molecule has 0 spiro atoms. The highest BCUT2D eigenvalue weighted by atomic mass is 16.3. The van der Waals surface area contributed by atoms with Crippen LogP contribution in [0, 0.1) is 0 Å². The summed E-state index contributed by atoms with van der Waals surface area (Å²) in [6.07, 6.45) is 1.94. The number of carbonyl (C=O) groups is 1. The number of likely N-dealkylation sites (tertiary alicyclic amines) is 1. The summed E-state index contributed by atoms with van der Waals surface area (Å²) in [7, 11) is 0. The first-order valence-electron chi connectivity index (χ1n) is 9.13. The SMILES string of the molecule is C[C@@H](O)CN1CCN([C@@H](C(=O)N2CCCC2)c2ccccc2)CC1. The van der Waals surface area contributed by atoms with Crippen molar-refractivity contribution in [1.29, 1.82) is 0 Å². The lowest BCUT2D eigenvalue weighted by Gasteiger charge is -2.40. The summed E-state index contributed by atoms with van der Waals surface area (Å²) in [4.78, 5) is 19.8. The maximum Gasteiger partial charge on any atom is 0.244 e. The second kappa shape index (κ2) is 8.10. The molecule has 5 nitrogen and oxygen atoms in total. The highest BCUT2D eigenvalue weighted by molar-refractivity contribution is 5.83. The van der Waals surface area contributed by atoms with Gasteiger partial charge >= 0.3 is 0 Å². The van der Waals surface area contributed by atoms with E-state index in [9.17, 15) is 9.90 Å². The molecule has 1 N–H and O–H groups in total. The third kappa shape index (κ3) is 4.15. The number of hydrogen-bond acceptors (Lipinski definition) is 4. The highest BCUT2D eigenvalue weighted by Crippen LogP contribution is 2.26. The van der Waals surface area contributed by atoms with Crippen molar-refractivity contribution in [2.45, 2.75) is 31.9 Å². The van der Waals surface area contributed by atoms with Crippen molar-refractivity contribution in [1.82, 2.24) is 14.7 Å². The summed E-state index contributed by atoms with van der Waals surface area (Å²) in [5, 5.41) is 9.57. The van der Waals surface area contributed by atoms with Gasteiger partial charge in [0.2, 0.25) is 5.91 Å². The maximum absolute atomic E-state index is 13.1. The lowest BCUT2D eigenvalue weighted by molar-refractivity contribution is -0.137. The van der Waals surface area contributed by atoms with Gasteiger partial charge in [-0.3, -0.25) is 14.6 Å². The smallest absolute Gasteiger partial charge is 0.244 e. The van der Waals surface area contributed by atoms with Gasteiger partial charge in [0, 0.05) is 45.8 Å². The van der Waals surface area contributed by atoms with Gasteiger partial charge in [-0.25, -0.2) is 0 Å². The number of rotatable bonds is 5. The normalized spacial score (nSPS) is 22.5. The summed E-state index contributed by atoms with van der Waals surface area (Å²) in [5.41, 5.74) is 1.10. The maximum atomic E-state index is 13.1. The second-order valence-corrected chi connectivity index (χ2v) is 7.03. The molecule has 132 valence electrons. The number of amides is 1. The van der Waals surface area contributed by atoms with Crippen molar-refractivity contribution in [2.24, 2.45) is 0 Å². The van der Waals surface area contributed by atoms with Crippen LogP contribution < -0.4 is 0 Å². The molecule has 0 unspecified atom stereocenters. The first-order chi connectivity index (χ1) is 11.6. The fraction of sp³-hybridized carbons (Fsp3) is 0.632. The van der Waals surface area contributed by atoms with Crippen LogP contribution in [0.15, 0.2) is 30.3 Å². The van der Waals surface area contributed by atoms with E-state index >= 15 is 0 Å². The predicted molar refractivity (Wildman–Crippen MR) is 94.7 cm³/mol. The Bertz CT molecular complexity index is 521. The van der Waals surface area contributed by atoms with Crippen molar-refractivity contribution in [3.63, 3.8) is 0 Å². The second-order valence-electron chi connectivity index (χ2n) is 7.03. The summed E-state index contributed by atoms with van der Waals surface area (Å²) in [6.45, 7) is 7.87. The summed E-state index contributed by atoms with van der Waals surface area (Å²) in [6, 6.07) is 10.0. The predicted octanol–water partition coefficient (Wildman–Crippen LogP) is 1.35. The molecule has 2 saturated heterocycles. The third-order valence-corrected chi connectivity index (χ3v) is 5.06. The molecule has 1 aromatic carbocycles. The standard InChI is InChI=1S/C19H29N3O2/c1-16(23)15-20-11-13-21(14-12-20)18(17-7-3-2-4-8-17)19(24)22-9-5-6-10-22/h2-4,7-8,16,18,23H,5-6,9-15H2,1H3/t16-,18-/m1/s1. The number of carbonyl (C=O) groups excluding carboxylic acids is 1. The van der Waals surface area contributed by atoms with Gasteiger partial charge in [-0.05, 0) is 25.3 Å². The molecule has 2 aliphatic heterocycles. The van der Waals surface area contributed by atoms with E-state index in [4.69, 9.17) is 0 Å². The Labute approximate surface area is 144 Å². The van der Waals surface area contributed by atoms with E-state index in [1.54, 1.807) is 0 Å². The number of hydrogen-bond donors (Lipinski definition) is 1. The average Bonchev–Trinajstić information content (AvgIpc) is 3.12. The van der Waals surface area contributed by atoms with E-state index in [-0.39, 0.29) is 18.1 Å². The minimum atomic E-state index is -0.298. The fourth-order valence-electron chi connectivity index (χ4n) is 3.83. The summed E-state index contributed by atoms with van der Waals surface area (Å²) in [5.74, 6) is 0.252. The third-order valence-electron chi connectivity index (χ3n) is 5.06. The van der Waals surface area contributed by atoms with Crippen LogP contribution in [0.5, 0.6) is 0 Å². The molecule has 1 amide bonds. The quantitative estimate of drug-likeness (QED) is 0.885. The molecule has 5 heteroatoms. The van der Waals surface area contributed by atoms with E-state index < -0.39 is 0 Å². The first kappa shape index (κ1) is 17.4. The van der Waals surface area contributed by atoms with Crippen molar-refractivity contribution in [2.75, 3.05) is 45.8 Å². The Hall–Kier alpha value is -1.43. The summed E-state index contributed by atoms with van der Waals surface area (Å²) < 4.78 is 0. The minimum Gasteiger partial charge on any atom is -0.392 e. The highest BCUT2D eigenvalue weighted by Gasteiger charge is 2.34. The van der Waals surface area contributed by atoms with Gasteiger partial charge in [0.15, 0.2) is 0 Å². The van der Waals surface area contributed by atoms with Crippen LogP contribution in [0.3, 0.4) is 0 Å². The van der Waals surface area contributed by atoms with Gasteiger partial charge in [-0.15, -0.1) is 0 Å². The van der Waals surface area contributed by atoms with E-state index in [2.05, 4.69) is 21.9 Å². The van der Waals surface area contributed by atoms with E-state index in [0.29, 0.717) is 6.54 Å². The van der Waals surface area contributed by atoms with E-state index in [0.717, 1.165) is 57.7 Å². The molecule has 2 heterocycles. The zero-order valence-corrected chi connectivity index (χ0v) is 14.6. The molecule has 0 radical (unpaired) electrons. The number of aliphatic hydroxyl groups excluding tert-OH is 1. The molecule has 24 heavy (non-hydrogen) atoms. The van der Waals surface area contributed by atoms with Crippen LogP contribution in [-0.4, -0.2) is 77.6 Å². The Balaban J connectivity index is 1.72. The van der Waals surface area contributed by atoms with Crippen LogP contribution in [0.2, 0.25) is 0 Å². The number of aliphatic hydroxyl groups is 1. The molecule has 3 rings (SSSR count). The minimum absolute atomic E-state index is 0.169. The molecule has 1 aromatic rings. The Morgan fingerprint density at radius 3 is 2.25 bits per heavy atom. The fourth-order valence-corrected chi connectivity index (χ4v) is 3.83. The molecular weight excluding hydrogens is 302 g/mol. The molecule has 2 atom stereocenters. The topological polar surface area (TPSA) is 47.0 Å². The van der Waals surface area contributed by atoms with Gasteiger partial charge < -0.3 is 10.0 Å². The van der Waals surface area contributed by atoms with Crippen molar-refractivity contribution in [3.8, 4) is 0 Å². The van der Waals surface area contributed by atoms with Crippen LogP contribution in [-0.2, 0) is 4.79 Å². The van der Waals surface area contributed by atoms with Crippen LogP contribution in [0.4, 0.5) is 0 Å². The van der Waals surface area contributed by atoms with E-state index in [1.165, 1.54) is 0 Å². The average molecular weight is 331 g/mol. The Kier molecular flexibility index (Phi) is 5.87. The van der Waals surface area contributed by atoms with Gasteiger partial charge in [-0.1, -0.05) is 30.3 Å². The van der Waals surface area contributed by atoms with Gasteiger partial charge in [-0.2, -0.15) is 0 Å². The zero-order valence-electron chi connectivity index (χ0n) is 14.6. The zero-order chi connectivity index (χ0) is 16.9. The number of piperazine rings is 1. The molecular formula is C19H29N3O2. The van der Waals surface area contributed by atoms with Crippen LogP contribution in [0.1, 0.15) is 31.4 Å². The lowest BCUT2D eigenvalue weighted by atomic mass is 10.0. The number of nitrogens with zero attached hydrogens (tertiary/aromatic N) is 3. The first-order valence-corrected chi connectivity index (χ1v) is 9.13. The van der Waals surface area contributed by atoms with Crippen molar-refractivity contribution in [3.05, 3.63) is 35.9 Å². The van der Waals surface area contributed by atoms with Crippen molar-refractivity contribution < 1.29 is 9.90 Å². The number of benzene rings is 1. The molecule has 0 bridgehead atoms. The number of β-amino-alcohol motifs (C(OH)–C–C–N with tert-alkyl or cyclic N) is 1. The van der Waals surface area contributed by atoms with Gasteiger partial charge in [0.05, 0.1) is 6.10 Å². The van der Waals surface area contributed by atoms with Crippen molar-refractivity contribution >= 4 is 5.91 Å². The molecule has 0 saturated carbocycles. The molecule has 0 aliphatic carbocycles. The van der Waals surface area contributed by atoms with Gasteiger partial charge in [0.25, 0.3) is 0 Å². The van der Waals surface area contributed by atoms with Crippen LogP contribution in [0.25, 0.3) is 0 Å². The monoisotopic (exact) mass is 331 g/mol. The Morgan fingerprint density at radius 1 is 1.04 bits per heavy atom. The van der Waals surface area contributed by atoms with Gasteiger partial charge in [0.1, 0.15) is 6.04 Å². The molecule has 2 fully saturated rings.